The van der Waals surface area contributed by atoms with Crippen LogP contribution in [0.15, 0.2) is 48.6 Å². The minimum atomic E-state index is -0.386. The van der Waals surface area contributed by atoms with Gasteiger partial charge >= 0.3 is 5.97 Å². The minimum absolute atomic E-state index is 0.117. The van der Waals surface area contributed by atoms with Crippen molar-refractivity contribution in [2.45, 2.75) is 25.3 Å². The third kappa shape index (κ3) is 2.68. The van der Waals surface area contributed by atoms with Crippen molar-refractivity contribution >= 4 is 17.3 Å². The molecule has 0 spiro atoms. The maximum Gasteiger partial charge on any atom is 0.338 e. The molecular formula is C21H20N2O4. The Morgan fingerprint density at radius 2 is 2.00 bits per heavy atom. The minimum Gasteiger partial charge on any atom is -0.465 e. The normalized spacial score (nSPS) is 22.5. The molecule has 0 fully saturated rings. The number of benzene rings is 2. The second-order valence-corrected chi connectivity index (χ2v) is 6.99. The smallest absolute Gasteiger partial charge is 0.338 e. The molecule has 0 amide bonds. The van der Waals surface area contributed by atoms with E-state index in [4.69, 9.17) is 4.74 Å². The highest BCUT2D eigenvalue weighted by molar-refractivity contribution is 5.93. The highest BCUT2D eigenvalue weighted by Gasteiger charge is 2.41. The summed E-state index contributed by atoms with van der Waals surface area (Å²) in [6.07, 6.45) is 5.16. The molecule has 0 saturated heterocycles. The van der Waals surface area contributed by atoms with Gasteiger partial charge in [0.15, 0.2) is 0 Å². The molecule has 6 heteroatoms. The van der Waals surface area contributed by atoms with Gasteiger partial charge in [0.05, 0.1) is 29.2 Å². The number of hydrogen-bond donors (Lipinski definition) is 1. The number of methoxy groups -OCH3 is 1. The van der Waals surface area contributed by atoms with Gasteiger partial charge in [-0.05, 0) is 36.5 Å². The Morgan fingerprint density at radius 3 is 2.74 bits per heavy atom. The zero-order chi connectivity index (χ0) is 19.1. The van der Waals surface area contributed by atoms with Crippen LogP contribution in [-0.2, 0) is 4.74 Å². The van der Waals surface area contributed by atoms with Crippen molar-refractivity contribution in [3.8, 4) is 0 Å². The summed E-state index contributed by atoms with van der Waals surface area (Å²) in [6.45, 7) is 1.88. The molecule has 0 bridgehead atoms. The molecule has 2 aromatic carbocycles. The van der Waals surface area contributed by atoms with E-state index in [0.717, 1.165) is 23.2 Å². The lowest BCUT2D eigenvalue weighted by molar-refractivity contribution is -0.385. The van der Waals surface area contributed by atoms with Gasteiger partial charge in [-0.3, -0.25) is 10.1 Å². The first-order valence-electron chi connectivity index (χ1n) is 8.91. The molecule has 0 saturated carbocycles. The lowest BCUT2D eigenvalue weighted by Crippen LogP contribution is -2.30. The number of nitrogens with zero attached hydrogens (tertiary/aromatic N) is 1. The molecule has 4 rings (SSSR count). The maximum atomic E-state index is 12.1. The molecule has 27 heavy (non-hydrogen) atoms. The third-order valence-corrected chi connectivity index (χ3v) is 5.67. The van der Waals surface area contributed by atoms with Crippen LogP contribution in [-0.4, -0.2) is 18.0 Å². The maximum absolute atomic E-state index is 12.1. The Hall–Kier alpha value is -3.15. The molecule has 2 aliphatic rings. The highest BCUT2D eigenvalue weighted by Crippen LogP contribution is 2.52. The monoisotopic (exact) mass is 364 g/mol. The molecule has 0 radical (unpaired) electrons. The van der Waals surface area contributed by atoms with E-state index < -0.39 is 0 Å². The van der Waals surface area contributed by atoms with Crippen LogP contribution in [0.1, 0.15) is 45.4 Å². The van der Waals surface area contributed by atoms with E-state index in [2.05, 4.69) is 17.5 Å². The summed E-state index contributed by atoms with van der Waals surface area (Å²) in [4.78, 5) is 23.3. The summed E-state index contributed by atoms with van der Waals surface area (Å²) in [5.74, 6) is -0.0261. The number of nitrogens with one attached hydrogen (secondary N) is 1. The number of nitro benzene ring substituents is 1. The van der Waals surface area contributed by atoms with Crippen molar-refractivity contribution in [3.05, 3.63) is 80.9 Å². The number of fused-ring (bicyclic) bond motifs is 3. The Balaban J connectivity index is 1.86. The average Bonchev–Trinajstić information content (AvgIpc) is 3.17. The van der Waals surface area contributed by atoms with E-state index in [9.17, 15) is 14.9 Å². The fraction of sp³-hybridized carbons (Fsp3) is 0.286. The number of rotatable bonds is 3. The highest BCUT2D eigenvalue weighted by atomic mass is 16.6. The Bertz CT molecular complexity index is 967. The van der Waals surface area contributed by atoms with Crippen LogP contribution in [0.25, 0.3) is 0 Å². The molecule has 0 unspecified atom stereocenters. The first-order valence-corrected chi connectivity index (χ1v) is 8.91. The van der Waals surface area contributed by atoms with E-state index in [1.54, 1.807) is 18.2 Å². The van der Waals surface area contributed by atoms with Crippen molar-refractivity contribution < 1.29 is 14.5 Å². The van der Waals surface area contributed by atoms with Crippen molar-refractivity contribution in [2.24, 2.45) is 5.92 Å². The van der Waals surface area contributed by atoms with Crippen molar-refractivity contribution in [1.82, 2.24) is 0 Å². The number of ether oxygens (including phenoxy) is 1. The fourth-order valence-corrected chi connectivity index (χ4v) is 4.37. The molecule has 1 aliphatic carbocycles. The standard InChI is InChI=1S/C21H20N2O4/c1-12-13(21(24)27-2)10-11-16-14-7-5-8-15(14)20(22-19(12)16)17-6-3-4-9-18(17)23(25)26/h3-7,9-11,14-15,20,22H,8H2,1-2H3/t14-,15+,20+/m1/s1. The quantitative estimate of drug-likeness (QED) is 0.375. The number of para-hydroxylation sites is 1. The van der Waals surface area contributed by atoms with Gasteiger partial charge in [-0.2, -0.15) is 0 Å². The largest absolute Gasteiger partial charge is 0.465 e. The second-order valence-electron chi connectivity index (χ2n) is 6.99. The van der Waals surface area contributed by atoms with Crippen molar-refractivity contribution in [3.63, 3.8) is 0 Å². The second kappa shape index (κ2) is 6.54. The van der Waals surface area contributed by atoms with Gasteiger partial charge in [-0.25, -0.2) is 4.79 Å². The predicted octanol–water partition coefficient (Wildman–Crippen LogP) is 4.52. The number of esters is 1. The summed E-state index contributed by atoms with van der Waals surface area (Å²) in [7, 11) is 1.36. The topological polar surface area (TPSA) is 81.5 Å². The third-order valence-electron chi connectivity index (χ3n) is 5.67. The molecule has 6 nitrogen and oxygen atoms in total. The van der Waals surface area contributed by atoms with Crippen LogP contribution >= 0.6 is 0 Å². The summed E-state index contributed by atoms with van der Waals surface area (Å²) < 4.78 is 4.89. The summed E-state index contributed by atoms with van der Waals surface area (Å²) in [6, 6.07) is 10.4. The molecule has 2 aromatic rings. The molecule has 1 aliphatic heterocycles. The Morgan fingerprint density at radius 1 is 1.22 bits per heavy atom. The van der Waals surface area contributed by atoms with E-state index >= 15 is 0 Å². The molecule has 3 atom stereocenters. The molecule has 0 aromatic heterocycles. The van der Waals surface area contributed by atoms with Crippen LogP contribution in [0.2, 0.25) is 0 Å². The number of carbonyl (C=O) groups is 1. The number of hydrogen-bond acceptors (Lipinski definition) is 5. The molecular weight excluding hydrogens is 344 g/mol. The fourth-order valence-electron chi connectivity index (χ4n) is 4.37. The summed E-state index contributed by atoms with van der Waals surface area (Å²) >= 11 is 0. The Kier molecular flexibility index (Phi) is 4.18. The van der Waals surface area contributed by atoms with Gasteiger partial charge in [-0.15, -0.1) is 0 Å². The number of anilines is 1. The van der Waals surface area contributed by atoms with Gasteiger partial charge in [0.2, 0.25) is 0 Å². The van der Waals surface area contributed by atoms with E-state index in [0.29, 0.717) is 11.1 Å². The SMILES string of the molecule is COC(=O)c1ccc2c(c1C)N[C@H](c1ccccc1[N+](=O)[O-])[C@H]1CC=C[C@@H]21. The van der Waals surface area contributed by atoms with Crippen molar-refractivity contribution in [1.29, 1.82) is 0 Å². The zero-order valence-corrected chi connectivity index (χ0v) is 15.1. The predicted molar refractivity (Wildman–Crippen MR) is 102 cm³/mol. The number of allylic oxidation sites excluding steroid dienone is 2. The Labute approximate surface area is 157 Å². The lowest BCUT2D eigenvalue weighted by atomic mass is 9.75. The molecule has 1 N–H and O–H groups in total. The molecule has 1 heterocycles. The van der Waals surface area contributed by atoms with Crippen LogP contribution in [0.4, 0.5) is 11.4 Å². The van der Waals surface area contributed by atoms with Gasteiger partial charge in [0.1, 0.15) is 0 Å². The average molecular weight is 364 g/mol. The van der Waals surface area contributed by atoms with E-state index in [-0.39, 0.29) is 34.5 Å². The number of nitro groups is 1. The van der Waals surface area contributed by atoms with Crippen LogP contribution in [0.5, 0.6) is 0 Å². The van der Waals surface area contributed by atoms with Gasteiger partial charge in [0.25, 0.3) is 5.69 Å². The van der Waals surface area contributed by atoms with Crippen LogP contribution < -0.4 is 5.32 Å². The van der Waals surface area contributed by atoms with Gasteiger partial charge in [-0.1, -0.05) is 36.4 Å². The van der Waals surface area contributed by atoms with E-state index in [1.165, 1.54) is 7.11 Å². The van der Waals surface area contributed by atoms with Gasteiger partial charge in [0, 0.05) is 17.7 Å². The van der Waals surface area contributed by atoms with Crippen molar-refractivity contribution in [2.75, 3.05) is 12.4 Å². The molecule has 138 valence electrons. The van der Waals surface area contributed by atoms with Crippen LogP contribution in [0, 0.1) is 23.0 Å². The zero-order valence-electron chi connectivity index (χ0n) is 15.1. The van der Waals surface area contributed by atoms with E-state index in [1.807, 2.05) is 25.1 Å². The summed E-state index contributed by atoms with van der Waals surface area (Å²) in [5, 5.41) is 15.1. The first kappa shape index (κ1) is 17.3. The first-order chi connectivity index (χ1) is 13.0. The number of carbonyl (C=O) groups excluding carboxylic acids is 1. The summed E-state index contributed by atoms with van der Waals surface area (Å²) in [5.41, 5.74) is 4.09. The lowest BCUT2D eigenvalue weighted by Gasteiger charge is -2.38. The van der Waals surface area contributed by atoms with Crippen LogP contribution in [0.3, 0.4) is 0 Å². The van der Waals surface area contributed by atoms with Gasteiger partial charge < -0.3 is 10.1 Å².